The van der Waals surface area contributed by atoms with Gasteiger partial charge in [0.25, 0.3) is 11.5 Å². The second-order valence-electron chi connectivity index (χ2n) is 11.2. The zero-order valence-corrected chi connectivity index (χ0v) is 29.0. The summed E-state index contributed by atoms with van der Waals surface area (Å²) in [5, 5.41) is 21.7. The molecular weight excluding hydrogens is 693 g/mol. The van der Waals surface area contributed by atoms with Gasteiger partial charge in [0.15, 0.2) is 11.6 Å². The van der Waals surface area contributed by atoms with Crippen LogP contribution < -0.4 is 25.7 Å². The molecule has 0 unspecified atom stereocenters. The third-order valence-corrected chi connectivity index (χ3v) is 7.40. The normalized spacial score (nSPS) is 11.3. The van der Waals surface area contributed by atoms with Gasteiger partial charge in [-0.05, 0) is 63.4 Å². The molecule has 0 bridgehead atoms. The number of rotatable bonds is 13. The lowest BCUT2D eigenvalue weighted by Gasteiger charge is -2.18. The maximum Gasteiger partial charge on any atom is 0.328 e. The molecule has 0 aliphatic rings. The van der Waals surface area contributed by atoms with Gasteiger partial charge in [0.05, 0.1) is 37.1 Å². The summed E-state index contributed by atoms with van der Waals surface area (Å²) in [6, 6.07) is 19.7. The van der Waals surface area contributed by atoms with Crippen molar-refractivity contribution in [3.63, 3.8) is 0 Å². The molecule has 0 saturated carbocycles. The molecular formula is C37H36FN5O10. The Labute approximate surface area is 301 Å². The third-order valence-electron chi connectivity index (χ3n) is 7.40. The molecule has 276 valence electrons. The van der Waals surface area contributed by atoms with E-state index < -0.39 is 41.3 Å². The quantitative estimate of drug-likeness (QED) is 0.0975. The van der Waals surface area contributed by atoms with E-state index in [9.17, 15) is 24.0 Å². The van der Waals surface area contributed by atoms with Crippen molar-refractivity contribution in [2.24, 2.45) is 0 Å². The Morgan fingerprint density at radius 1 is 0.962 bits per heavy atom. The van der Waals surface area contributed by atoms with Gasteiger partial charge in [-0.3, -0.25) is 24.0 Å². The van der Waals surface area contributed by atoms with Gasteiger partial charge in [-0.2, -0.15) is 0 Å². The molecule has 0 fully saturated rings. The topological polar surface area (TPSA) is 200 Å². The summed E-state index contributed by atoms with van der Waals surface area (Å²) >= 11 is 0. The highest BCUT2D eigenvalue weighted by atomic mass is 19.1. The van der Waals surface area contributed by atoms with Gasteiger partial charge < -0.3 is 35.1 Å². The number of halogens is 1. The Morgan fingerprint density at radius 3 is 2.28 bits per heavy atom. The van der Waals surface area contributed by atoms with Crippen molar-refractivity contribution in [1.29, 1.82) is 0 Å². The van der Waals surface area contributed by atoms with Gasteiger partial charge in [0, 0.05) is 41.6 Å². The van der Waals surface area contributed by atoms with Crippen molar-refractivity contribution < 1.29 is 48.0 Å². The van der Waals surface area contributed by atoms with E-state index in [0.717, 1.165) is 6.07 Å². The minimum absolute atomic E-state index is 0.0307. The number of carboxylic acid groups (broad SMARTS) is 2. The number of carboxylic acids is 2. The van der Waals surface area contributed by atoms with Crippen LogP contribution in [0.25, 0.3) is 16.6 Å². The number of anilines is 1. The van der Waals surface area contributed by atoms with Gasteiger partial charge in [-0.25, -0.2) is 18.7 Å². The Kier molecular flexibility index (Phi) is 13.2. The number of hydrogen-bond acceptors (Lipinski definition) is 10. The minimum atomic E-state index is -1.26. The SMILES string of the molecule is CNCC(=O)O[C@H](C)Cn1c(C)c(C(=O)Nc2ccc(Oc3ccnc4cc(OC)ccc34)c(F)c2)c(=O)n1-c1ccccc1.O=C(O)/C=C/C(=O)O. The summed E-state index contributed by atoms with van der Waals surface area (Å²) in [7, 11) is 3.19. The lowest BCUT2D eigenvalue weighted by atomic mass is 10.2. The van der Waals surface area contributed by atoms with Crippen molar-refractivity contribution in [2.45, 2.75) is 26.5 Å². The number of carbonyl (C=O) groups is 4. The Bertz CT molecular complexity index is 2200. The number of ether oxygens (including phenoxy) is 3. The van der Waals surface area contributed by atoms with Crippen LogP contribution in [0, 0.1) is 12.7 Å². The van der Waals surface area contributed by atoms with Crippen LogP contribution in [0.3, 0.4) is 0 Å². The molecule has 3 aromatic carbocycles. The molecule has 15 nitrogen and oxygen atoms in total. The number of hydrogen-bond donors (Lipinski definition) is 4. The summed E-state index contributed by atoms with van der Waals surface area (Å²) in [4.78, 5) is 62.6. The molecule has 1 atom stereocenters. The van der Waals surface area contributed by atoms with E-state index in [1.54, 1.807) is 93.5 Å². The average molecular weight is 730 g/mol. The zero-order valence-electron chi connectivity index (χ0n) is 29.0. The molecule has 0 aliphatic carbocycles. The van der Waals surface area contributed by atoms with E-state index in [0.29, 0.717) is 45.9 Å². The fraction of sp³-hybridized carbons (Fsp3) is 0.189. The van der Waals surface area contributed by atoms with Crippen molar-refractivity contribution >= 4 is 40.4 Å². The van der Waals surface area contributed by atoms with E-state index in [1.165, 1.54) is 16.8 Å². The van der Waals surface area contributed by atoms with Crippen LogP contribution in [0.15, 0.2) is 95.9 Å². The number of para-hydroxylation sites is 1. The highest BCUT2D eigenvalue weighted by molar-refractivity contribution is 6.05. The van der Waals surface area contributed by atoms with Crippen LogP contribution in [0.1, 0.15) is 23.0 Å². The second kappa shape index (κ2) is 17.9. The van der Waals surface area contributed by atoms with Gasteiger partial charge in [-0.1, -0.05) is 18.2 Å². The molecule has 0 aliphatic heterocycles. The first-order chi connectivity index (χ1) is 25.3. The lowest BCUT2D eigenvalue weighted by Crippen LogP contribution is -2.30. The van der Waals surface area contributed by atoms with Crippen LogP contribution in [0.4, 0.5) is 10.1 Å². The summed E-state index contributed by atoms with van der Waals surface area (Å²) in [6.45, 7) is 3.47. The highest BCUT2D eigenvalue weighted by Gasteiger charge is 2.26. The molecule has 5 aromatic rings. The van der Waals surface area contributed by atoms with Gasteiger partial charge in [-0.15, -0.1) is 0 Å². The minimum Gasteiger partial charge on any atom is -0.497 e. The zero-order chi connectivity index (χ0) is 38.7. The molecule has 1 amide bonds. The van der Waals surface area contributed by atoms with Crippen molar-refractivity contribution in [1.82, 2.24) is 19.7 Å². The van der Waals surface area contributed by atoms with Crippen LogP contribution in [-0.4, -0.2) is 75.2 Å². The number of methoxy groups -OCH3 is 1. The van der Waals surface area contributed by atoms with Gasteiger partial charge in [0.2, 0.25) is 0 Å². The first-order valence-corrected chi connectivity index (χ1v) is 15.9. The number of aromatic nitrogens is 3. The highest BCUT2D eigenvalue weighted by Crippen LogP contribution is 2.33. The first kappa shape index (κ1) is 39.0. The van der Waals surface area contributed by atoms with Gasteiger partial charge in [0.1, 0.15) is 23.2 Å². The summed E-state index contributed by atoms with van der Waals surface area (Å²) in [5.41, 5.74) is 0.901. The van der Waals surface area contributed by atoms with Crippen LogP contribution in [-0.2, 0) is 25.7 Å². The average Bonchev–Trinajstić information content (AvgIpc) is 3.36. The van der Waals surface area contributed by atoms with E-state index in [2.05, 4.69) is 15.6 Å². The predicted octanol–water partition coefficient (Wildman–Crippen LogP) is 4.55. The van der Waals surface area contributed by atoms with E-state index in [1.807, 2.05) is 0 Å². The van der Waals surface area contributed by atoms with E-state index in [-0.39, 0.29) is 30.1 Å². The molecule has 0 radical (unpaired) electrons. The van der Waals surface area contributed by atoms with E-state index in [4.69, 9.17) is 24.4 Å². The third kappa shape index (κ3) is 10.1. The first-order valence-electron chi connectivity index (χ1n) is 15.9. The summed E-state index contributed by atoms with van der Waals surface area (Å²) in [5.74, 6) is -3.45. The second-order valence-corrected chi connectivity index (χ2v) is 11.2. The molecule has 0 saturated heterocycles. The Balaban J connectivity index is 0.000000703. The Hall–Kier alpha value is -6.81. The lowest BCUT2D eigenvalue weighted by molar-refractivity contribution is -0.147. The monoisotopic (exact) mass is 729 g/mol. The van der Waals surface area contributed by atoms with Crippen molar-refractivity contribution in [3.8, 4) is 22.9 Å². The number of nitrogens with one attached hydrogen (secondary N) is 2. The number of benzene rings is 3. The van der Waals surface area contributed by atoms with Gasteiger partial charge >= 0.3 is 17.9 Å². The number of pyridine rings is 1. The van der Waals surface area contributed by atoms with Crippen molar-refractivity contribution in [2.75, 3.05) is 26.0 Å². The number of likely N-dealkylation sites (N-methyl/N-ethyl adjacent to an activating group) is 1. The number of amides is 1. The number of nitrogens with zero attached hydrogens (tertiary/aromatic N) is 3. The molecule has 5 rings (SSSR count). The molecule has 2 aromatic heterocycles. The van der Waals surface area contributed by atoms with Crippen LogP contribution in [0.5, 0.6) is 17.2 Å². The van der Waals surface area contributed by atoms with E-state index >= 15 is 4.39 Å². The smallest absolute Gasteiger partial charge is 0.328 e. The predicted molar refractivity (Wildman–Crippen MR) is 191 cm³/mol. The molecule has 16 heteroatoms. The van der Waals surface area contributed by atoms with Crippen LogP contribution >= 0.6 is 0 Å². The molecule has 53 heavy (non-hydrogen) atoms. The fourth-order valence-electron chi connectivity index (χ4n) is 5.08. The fourth-order valence-corrected chi connectivity index (χ4v) is 5.08. The maximum absolute atomic E-state index is 15.2. The molecule has 2 heterocycles. The van der Waals surface area contributed by atoms with Crippen molar-refractivity contribution in [3.05, 3.63) is 119 Å². The van der Waals surface area contributed by atoms with Crippen LogP contribution in [0.2, 0.25) is 0 Å². The largest absolute Gasteiger partial charge is 0.497 e. The molecule has 0 spiro atoms. The number of fused-ring (bicyclic) bond motifs is 1. The Morgan fingerprint density at radius 2 is 1.66 bits per heavy atom. The summed E-state index contributed by atoms with van der Waals surface area (Å²) < 4.78 is 34.7. The maximum atomic E-state index is 15.2. The summed E-state index contributed by atoms with van der Waals surface area (Å²) in [6.07, 6.45) is 2.06. The molecule has 4 N–H and O–H groups in total. The number of esters is 1. The number of aliphatic carboxylic acids is 2. The number of carbonyl (C=O) groups excluding carboxylic acids is 2. The standard InChI is InChI=1S/C33H32FN5O6.C4H4O4/c1-20(44-30(40)18-35-3)19-38-21(2)31(33(42)39(38)23-8-6-5-7-9-23)32(41)37-22-10-13-29(26(34)16-22)45-28-14-15-36-27-17-24(43-4)11-12-25(27)28;5-3(6)1-2-4(7)8/h5-17,20,35H,18-19H2,1-4H3,(H,37,41);1-2H,(H,5,6)(H,7,8)/b;2-1+/t20-;/m1./s1.